The van der Waals surface area contributed by atoms with Gasteiger partial charge in [0.05, 0.1) is 22.5 Å². The highest BCUT2D eigenvalue weighted by Crippen LogP contribution is 2.27. The van der Waals surface area contributed by atoms with E-state index in [1.165, 1.54) is 10.9 Å². The number of hydrogen-bond acceptors (Lipinski definition) is 7. The van der Waals surface area contributed by atoms with Crippen LogP contribution in [0.25, 0.3) is 0 Å². The van der Waals surface area contributed by atoms with Crippen molar-refractivity contribution in [3.05, 3.63) is 40.2 Å². The molecular formula is C11H12N6O4. The first-order valence-corrected chi connectivity index (χ1v) is 5.86. The summed E-state index contributed by atoms with van der Waals surface area (Å²) in [6.45, 7) is 0.0441. The Hall–Kier alpha value is -3.01. The minimum absolute atomic E-state index is 0.0478. The number of amides is 1. The monoisotopic (exact) mass is 292 g/mol. The zero-order chi connectivity index (χ0) is 15.4. The molecule has 0 unspecified atom stereocenters. The molecule has 0 radical (unpaired) electrons. The Morgan fingerprint density at radius 3 is 2.90 bits per heavy atom. The average molecular weight is 292 g/mol. The van der Waals surface area contributed by atoms with Crippen molar-refractivity contribution in [2.24, 2.45) is 5.73 Å². The number of hydrogen-bond donors (Lipinski definition) is 3. The lowest BCUT2D eigenvalue weighted by Crippen LogP contribution is -2.19. The summed E-state index contributed by atoms with van der Waals surface area (Å²) >= 11 is 0. The van der Waals surface area contributed by atoms with Crippen LogP contribution in [0.2, 0.25) is 0 Å². The molecule has 2 aromatic rings. The normalized spacial score (nSPS) is 10.3. The molecule has 0 fully saturated rings. The number of nitro benzene ring substituents is 1. The summed E-state index contributed by atoms with van der Waals surface area (Å²) in [5, 5.41) is 30.0. The van der Waals surface area contributed by atoms with Crippen LogP contribution in [0.1, 0.15) is 5.69 Å². The number of benzene rings is 1. The van der Waals surface area contributed by atoms with E-state index in [1.807, 2.05) is 0 Å². The van der Waals surface area contributed by atoms with Crippen LogP contribution >= 0.6 is 0 Å². The summed E-state index contributed by atoms with van der Waals surface area (Å²) in [6.07, 6.45) is 1.51. The number of rotatable bonds is 5. The number of aromatic nitrogens is 3. The van der Waals surface area contributed by atoms with E-state index in [2.05, 4.69) is 15.6 Å². The third-order valence-corrected chi connectivity index (χ3v) is 2.57. The van der Waals surface area contributed by atoms with Crippen molar-refractivity contribution in [2.45, 2.75) is 13.1 Å². The van der Waals surface area contributed by atoms with Crippen molar-refractivity contribution in [1.82, 2.24) is 15.0 Å². The Balaban J connectivity index is 2.08. The van der Waals surface area contributed by atoms with Gasteiger partial charge in [-0.25, -0.2) is 4.68 Å². The first kappa shape index (κ1) is 14.4. The molecule has 1 amide bonds. The number of nitrogens with two attached hydrogens (primary N) is 1. The largest absolute Gasteiger partial charge is 0.506 e. The first-order chi connectivity index (χ1) is 9.99. The van der Waals surface area contributed by atoms with Crippen LogP contribution in [0, 0.1) is 10.1 Å². The Bertz CT molecular complexity index is 683. The van der Waals surface area contributed by atoms with Gasteiger partial charge in [-0.15, -0.1) is 5.10 Å². The molecule has 10 heteroatoms. The van der Waals surface area contributed by atoms with E-state index in [0.29, 0.717) is 5.69 Å². The molecule has 110 valence electrons. The van der Waals surface area contributed by atoms with Crippen LogP contribution in [-0.2, 0) is 17.9 Å². The van der Waals surface area contributed by atoms with Crippen LogP contribution in [0.3, 0.4) is 0 Å². The summed E-state index contributed by atoms with van der Waals surface area (Å²) in [4.78, 5) is 21.8. The van der Waals surface area contributed by atoms with Gasteiger partial charge < -0.3 is 16.2 Å². The summed E-state index contributed by atoms with van der Waals surface area (Å²) in [6, 6.07) is 3.34. The lowest BCUT2D eigenvalue weighted by Gasteiger charge is -2.06. The molecule has 0 saturated carbocycles. The number of non-ortho nitro benzene ring substituents is 1. The van der Waals surface area contributed by atoms with E-state index in [1.54, 1.807) is 0 Å². The van der Waals surface area contributed by atoms with Crippen molar-refractivity contribution in [3.63, 3.8) is 0 Å². The molecule has 10 nitrogen and oxygen atoms in total. The summed E-state index contributed by atoms with van der Waals surface area (Å²) < 4.78 is 1.27. The van der Waals surface area contributed by atoms with E-state index in [-0.39, 0.29) is 30.2 Å². The highest BCUT2D eigenvalue weighted by Gasteiger charge is 2.13. The fourth-order valence-electron chi connectivity index (χ4n) is 1.58. The topological polar surface area (TPSA) is 149 Å². The van der Waals surface area contributed by atoms with Crippen molar-refractivity contribution < 1.29 is 14.8 Å². The number of nitro groups is 1. The van der Waals surface area contributed by atoms with Crippen molar-refractivity contribution in [2.75, 3.05) is 5.32 Å². The highest BCUT2D eigenvalue weighted by atomic mass is 16.6. The smallest absolute Gasteiger partial charge is 0.271 e. The molecule has 1 aromatic heterocycles. The van der Waals surface area contributed by atoms with Crippen molar-refractivity contribution in [1.29, 1.82) is 0 Å². The molecule has 2 rings (SSSR count). The van der Waals surface area contributed by atoms with Gasteiger partial charge >= 0.3 is 0 Å². The Kier molecular flexibility index (Phi) is 4.09. The maximum atomic E-state index is 11.8. The SMILES string of the molecule is NCc1cn(CC(=O)Nc2cc([N+](=O)[O-])ccc2O)nn1. The number of carbonyl (C=O) groups excluding carboxylic acids is 1. The Morgan fingerprint density at radius 1 is 1.52 bits per heavy atom. The maximum Gasteiger partial charge on any atom is 0.271 e. The second kappa shape index (κ2) is 5.96. The second-order valence-electron chi connectivity index (χ2n) is 4.12. The van der Waals surface area contributed by atoms with Gasteiger partial charge in [-0.05, 0) is 6.07 Å². The lowest BCUT2D eigenvalue weighted by atomic mass is 10.2. The molecule has 0 aliphatic heterocycles. The number of anilines is 1. The second-order valence-corrected chi connectivity index (χ2v) is 4.12. The standard InChI is InChI=1S/C11H12N6O4/c12-4-7-5-16(15-14-7)6-11(19)13-9-3-8(17(20)21)1-2-10(9)18/h1-3,5,18H,4,6,12H2,(H,13,19). The summed E-state index contributed by atoms with van der Waals surface area (Å²) in [7, 11) is 0. The fourth-order valence-corrected chi connectivity index (χ4v) is 1.58. The molecule has 0 aliphatic rings. The van der Waals surface area contributed by atoms with E-state index < -0.39 is 10.8 Å². The quantitative estimate of drug-likeness (QED) is 0.398. The summed E-state index contributed by atoms with van der Waals surface area (Å²) in [5.74, 6) is -0.783. The van der Waals surface area contributed by atoms with Gasteiger partial charge in [-0.1, -0.05) is 5.21 Å². The van der Waals surface area contributed by atoms with Crippen LogP contribution < -0.4 is 11.1 Å². The number of carbonyl (C=O) groups is 1. The molecule has 1 aromatic carbocycles. The van der Waals surface area contributed by atoms with Gasteiger partial charge in [0.25, 0.3) is 5.69 Å². The summed E-state index contributed by atoms with van der Waals surface area (Å²) in [5.41, 5.74) is 5.61. The molecule has 0 bridgehead atoms. The number of nitrogens with zero attached hydrogens (tertiary/aromatic N) is 4. The van der Waals surface area contributed by atoms with Gasteiger partial charge in [-0.3, -0.25) is 14.9 Å². The zero-order valence-electron chi connectivity index (χ0n) is 10.8. The number of nitrogens with one attached hydrogen (secondary N) is 1. The minimum atomic E-state index is -0.625. The van der Waals surface area contributed by atoms with E-state index >= 15 is 0 Å². The molecule has 0 saturated heterocycles. The number of aromatic hydroxyl groups is 1. The van der Waals surface area contributed by atoms with Crippen LogP contribution in [0.4, 0.5) is 11.4 Å². The molecule has 0 aliphatic carbocycles. The maximum absolute atomic E-state index is 11.8. The van der Waals surface area contributed by atoms with E-state index in [0.717, 1.165) is 18.2 Å². The Morgan fingerprint density at radius 2 is 2.29 bits per heavy atom. The van der Waals surface area contributed by atoms with Crippen molar-refractivity contribution >= 4 is 17.3 Å². The van der Waals surface area contributed by atoms with Crippen molar-refractivity contribution in [3.8, 4) is 5.75 Å². The molecule has 0 spiro atoms. The number of phenolic OH excluding ortho intramolecular Hbond substituents is 1. The van der Waals surface area contributed by atoms with Gasteiger partial charge in [0.15, 0.2) is 0 Å². The van der Waals surface area contributed by atoms with Gasteiger partial charge in [-0.2, -0.15) is 0 Å². The highest BCUT2D eigenvalue weighted by molar-refractivity contribution is 5.92. The zero-order valence-corrected chi connectivity index (χ0v) is 10.8. The third kappa shape index (κ3) is 3.51. The Labute approximate surface area is 118 Å². The minimum Gasteiger partial charge on any atom is -0.506 e. The average Bonchev–Trinajstić information content (AvgIpc) is 2.88. The molecule has 4 N–H and O–H groups in total. The molecule has 21 heavy (non-hydrogen) atoms. The molecule has 0 atom stereocenters. The predicted molar refractivity (Wildman–Crippen MR) is 71.3 cm³/mol. The van der Waals surface area contributed by atoms with Crippen LogP contribution in [0.15, 0.2) is 24.4 Å². The fraction of sp³-hybridized carbons (Fsp3) is 0.182. The van der Waals surface area contributed by atoms with Gasteiger partial charge in [0.1, 0.15) is 12.3 Å². The van der Waals surface area contributed by atoms with Crippen LogP contribution in [0.5, 0.6) is 5.75 Å². The van der Waals surface area contributed by atoms with Gasteiger partial charge in [0, 0.05) is 18.7 Å². The predicted octanol–water partition coefficient (Wildman–Crippen LogP) is -0.0107. The first-order valence-electron chi connectivity index (χ1n) is 5.86. The molecular weight excluding hydrogens is 280 g/mol. The van der Waals surface area contributed by atoms with E-state index in [9.17, 15) is 20.0 Å². The molecule has 1 heterocycles. The number of phenols is 1. The van der Waals surface area contributed by atoms with Crippen LogP contribution in [-0.4, -0.2) is 30.9 Å². The van der Waals surface area contributed by atoms with E-state index in [4.69, 9.17) is 5.73 Å². The third-order valence-electron chi connectivity index (χ3n) is 2.57. The van der Waals surface area contributed by atoms with Gasteiger partial charge in [0.2, 0.25) is 5.91 Å². The lowest BCUT2D eigenvalue weighted by molar-refractivity contribution is -0.384.